The summed E-state index contributed by atoms with van der Waals surface area (Å²) in [6.07, 6.45) is 3.24. The van der Waals surface area contributed by atoms with Gasteiger partial charge in [-0.15, -0.1) is 0 Å². The van der Waals surface area contributed by atoms with Crippen LogP contribution in [0.2, 0.25) is 0 Å². The van der Waals surface area contributed by atoms with Gasteiger partial charge in [-0.1, -0.05) is 72.0 Å². The third kappa shape index (κ3) is 6.24. The van der Waals surface area contributed by atoms with Crippen LogP contribution in [0.5, 0.6) is 23.0 Å². The SMILES string of the molecule is CCOc1ccc([C@@H]2C(C(=O)OC)=CN=c3s/c(=C/c4cccc(OC)c4OCc4cccc5ccccc45)c(=O)n32)cc1OCC. The van der Waals surface area contributed by atoms with Crippen molar-refractivity contribution in [1.29, 1.82) is 0 Å². The summed E-state index contributed by atoms with van der Waals surface area (Å²) in [4.78, 5) is 32.1. The highest BCUT2D eigenvalue weighted by molar-refractivity contribution is 7.07. The lowest BCUT2D eigenvalue weighted by molar-refractivity contribution is -0.136. The third-order valence-electron chi connectivity index (χ3n) is 7.78. The number of esters is 1. The van der Waals surface area contributed by atoms with Gasteiger partial charge in [0.1, 0.15) is 6.61 Å². The van der Waals surface area contributed by atoms with Crippen LogP contribution < -0.4 is 33.8 Å². The van der Waals surface area contributed by atoms with Crippen molar-refractivity contribution in [3.63, 3.8) is 0 Å². The molecule has 6 rings (SSSR count). The molecule has 47 heavy (non-hydrogen) atoms. The number of nitrogens with zero attached hydrogens (tertiary/aromatic N) is 2. The van der Waals surface area contributed by atoms with Crippen LogP contribution in [-0.2, 0) is 16.1 Å². The first-order chi connectivity index (χ1) is 23.0. The molecule has 0 fully saturated rings. The van der Waals surface area contributed by atoms with Gasteiger partial charge in [0.2, 0.25) is 0 Å². The van der Waals surface area contributed by atoms with Gasteiger partial charge in [-0.3, -0.25) is 9.36 Å². The Kier molecular flexibility index (Phi) is 9.40. The van der Waals surface area contributed by atoms with E-state index in [0.717, 1.165) is 16.3 Å². The smallest absolute Gasteiger partial charge is 0.337 e. The molecule has 0 saturated heterocycles. The van der Waals surface area contributed by atoms with Crippen molar-refractivity contribution in [3.8, 4) is 23.0 Å². The molecule has 240 valence electrons. The van der Waals surface area contributed by atoms with E-state index in [4.69, 9.17) is 23.7 Å². The van der Waals surface area contributed by atoms with Crippen LogP contribution in [-0.4, -0.2) is 38.0 Å². The minimum absolute atomic E-state index is 0.221. The number of carbonyl (C=O) groups excluding carboxylic acids is 1. The molecule has 0 radical (unpaired) electrons. The number of thiazole rings is 1. The van der Waals surface area contributed by atoms with E-state index in [1.165, 1.54) is 29.2 Å². The average molecular weight is 651 g/mol. The lowest BCUT2D eigenvalue weighted by atomic mass is 9.97. The van der Waals surface area contributed by atoms with Crippen LogP contribution in [0.3, 0.4) is 0 Å². The molecule has 0 amide bonds. The van der Waals surface area contributed by atoms with Crippen molar-refractivity contribution >= 4 is 34.2 Å². The Hall–Kier alpha value is -5.35. The van der Waals surface area contributed by atoms with E-state index in [2.05, 4.69) is 23.2 Å². The van der Waals surface area contributed by atoms with E-state index in [-0.39, 0.29) is 11.1 Å². The van der Waals surface area contributed by atoms with Gasteiger partial charge in [-0.25, -0.2) is 9.79 Å². The number of hydrogen-bond donors (Lipinski definition) is 0. The lowest BCUT2D eigenvalue weighted by Gasteiger charge is -2.23. The van der Waals surface area contributed by atoms with Gasteiger partial charge in [-0.2, -0.15) is 0 Å². The first kappa shape index (κ1) is 31.6. The second kappa shape index (κ2) is 14.0. The quantitative estimate of drug-likeness (QED) is 0.173. The number of aromatic nitrogens is 1. The molecular weight excluding hydrogens is 616 g/mol. The van der Waals surface area contributed by atoms with Crippen molar-refractivity contribution in [2.75, 3.05) is 27.4 Å². The summed E-state index contributed by atoms with van der Waals surface area (Å²) in [5.41, 5.74) is 2.24. The first-order valence-corrected chi connectivity index (χ1v) is 16.0. The van der Waals surface area contributed by atoms with E-state index in [1.807, 2.05) is 62.4 Å². The molecule has 2 heterocycles. The summed E-state index contributed by atoms with van der Waals surface area (Å²) in [5.74, 6) is 1.54. The fourth-order valence-corrected chi connectivity index (χ4v) is 6.62. The summed E-state index contributed by atoms with van der Waals surface area (Å²) in [6, 6.07) is 24.4. The third-order valence-corrected chi connectivity index (χ3v) is 8.77. The number of para-hydroxylation sites is 1. The number of ether oxygens (including phenoxy) is 5. The number of rotatable bonds is 11. The minimum Gasteiger partial charge on any atom is -0.493 e. The largest absolute Gasteiger partial charge is 0.493 e. The number of carbonyl (C=O) groups is 1. The van der Waals surface area contributed by atoms with Crippen LogP contribution in [0.4, 0.5) is 0 Å². The van der Waals surface area contributed by atoms with Crippen LogP contribution in [0.1, 0.15) is 36.6 Å². The minimum atomic E-state index is -0.803. The van der Waals surface area contributed by atoms with Crippen LogP contribution in [0, 0.1) is 0 Å². The maximum Gasteiger partial charge on any atom is 0.337 e. The van der Waals surface area contributed by atoms with Gasteiger partial charge in [0.25, 0.3) is 5.56 Å². The molecule has 9 nitrogen and oxygen atoms in total. The zero-order valence-corrected chi connectivity index (χ0v) is 27.3. The molecule has 1 aliphatic rings. The van der Waals surface area contributed by atoms with Crippen molar-refractivity contribution in [1.82, 2.24) is 4.57 Å². The Morgan fingerprint density at radius 2 is 1.66 bits per heavy atom. The van der Waals surface area contributed by atoms with E-state index < -0.39 is 12.0 Å². The molecule has 0 saturated carbocycles. The van der Waals surface area contributed by atoms with E-state index in [9.17, 15) is 9.59 Å². The zero-order valence-electron chi connectivity index (χ0n) is 26.5. The summed E-state index contributed by atoms with van der Waals surface area (Å²) in [7, 11) is 2.89. The van der Waals surface area contributed by atoms with Crippen LogP contribution in [0.25, 0.3) is 16.8 Å². The lowest BCUT2D eigenvalue weighted by Crippen LogP contribution is -2.39. The van der Waals surface area contributed by atoms with Gasteiger partial charge in [0.05, 0.1) is 43.6 Å². The fraction of sp³-hybridized carbons (Fsp3) is 0.216. The normalized spacial score (nSPS) is 14.2. The van der Waals surface area contributed by atoms with Gasteiger partial charge in [0, 0.05) is 11.8 Å². The highest BCUT2D eigenvalue weighted by Gasteiger charge is 2.31. The molecule has 1 atom stereocenters. The number of benzene rings is 4. The van der Waals surface area contributed by atoms with Crippen molar-refractivity contribution < 1.29 is 28.5 Å². The highest BCUT2D eigenvalue weighted by atomic mass is 32.1. The molecular formula is C37H34N2O7S. The molecule has 0 aliphatic carbocycles. The maximum absolute atomic E-state index is 14.2. The molecule has 1 aromatic heterocycles. The van der Waals surface area contributed by atoms with Gasteiger partial charge < -0.3 is 23.7 Å². The van der Waals surface area contributed by atoms with E-state index in [1.54, 1.807) is 25.3 Å². The summed E-state index contributed by atoms with van der Waals surface area (Å²) in [5, 5.41) is 2.22. The van der Waals surface area contributed by atoms with E-state index >= 15 is 0 Å². The van der Waals surface area contributed by atoms with Crippen molar-refractivity contribution in [3.05, 3.63) is 127 Å². The molecule has 0 N–H and O–H groups in total. The summed E-state index contributed by atoms with van der Waals surface area (Å²) in [6.45, 7) is 4.94. The van der Waals surface area contributed by atoms with Crippen molar-refractivity contribution in [2.45, 2.75) is 26.5 Å². The molecule has 5 aromatic rings. The number of fused-ring (bicyclic) bond motifs is 2. The molecule has 0 unspecified atom stereocenters. The highest BCUT2D eigenvalue weighted by Crippen LogP contribution is 2.36. The Bertz CT molecular complexity index is 2160. The Morgan fingerprint density at radius 3 is 2.45 bits per heavy atom. The zero-order chi connectivity index (χ0) is 32.9. The molecule has 4 aromatic carbocycles. The maximum atomic E-state index is 14.2. The number of methoxy groups -OCH3 is 2. The fourth-order valence-electron chi connectivity index (χ4n) is 5.66. The number of hydrogen-bond acceptors (Lipinski definition) is 9. The molecule has 0 bridgehead atoms. The van der Waals surface area contributed by atoms with Gasteiger partial charge in [-0.05, 0) is 60.0 Å². The second-order valence-corrected chi connectivity index (χ2v) is 11.6. The Labute approximate surface area is 275 Å². The molecule has 0 spiro atoms. The standard InChI is InChI=1S/C37H34N2O7S/c1-5-44-29-18-17-24(19-31(29)45-6-2)33-28(36(41)43-4)21-38-37-39(33)35(40)32(47-37)20-25-13-10-16-30(42-3)34(25)46-22-26-14-9-12-23-11-7-8-15-27(23)26/h7-21,33H,5-6,22H2,1-4H3/b32-20+/t33-/m1/s1. The summed E-state index contributed by atoms with van der Waals surface area (Å²) < 4.78 is 30.7. The van der Waals surface area contributed by atoms with Crippen LogP contribution in [0.15, 0.2) is 100 Å². The average Bonchev–Trinajstić information content (AvgIpc) is 3.42. The summed E-state index contributed by atoms with van der Waals surface area (Å²) >= 11 is 1.22. The van der Waals surface area contributed by atoms with Crippen molar-refractivity contribution in [2.24, 2.45) is 4.99 Å². The predicted molar refractivity (Wildman–Crippen MR) is 181 cm³/mol. The van der Waals surface area contributed by atoms with Gasteiger partial charge >= 0.3 is 5.97 Å². The first-order valence-electron chi connectivity index (χ1n) is 15.2. The monoisotopic (exact) mass is 650 g/mol. The molecule has 1 aliphatic heterocycles. The predicted octanol–water partition coefficient (Wildman–Crippen LogP) is 5.56. The topological polar surface area (TPSA) is 97.6 Å². The van der Waals surface area contributed by atoms with E-state index in [0.29, 0.717) is 63.3 Å². The Morgan fingerprint density at radius 1 is 0.894 bits per heavy atom. The van der Waals surface area contributed by atoms with Crippen LogP contribution >= 0.6 is 11.3 Å². The van der Waals surface area contributed by atoms with Gasteiger partial charge in [0.15, 0.2) is 27.8 Å². The second-order valence-electron chi connectivity index (χ2n) is 10.6. The molecule has 10 heteroatoms. The Balaban J connectivity index is 1.44.